The van der Waals surface area contributed by atoms with Crippen LogP contribution in [-0.4, -0.2) is 61.9 Å². The first-order valence-corrected chi connectivity index (χ1v) is 10.8. The van der Waals surface area contributed by atoms with Gasteiger partial charge in [0.1, 0.15) is 11.6 Å². The molecule has 1 aromatic heterocycles. The second-order valence-corrected chi connectivity index (χ2v) is 7.78. The molecule has 7 heteroatoms. The van der Waals surface area contributed by atoms with Crippen molar-refractivity contribution < 1.29 is 18.7 Å². The van der Waals surface area contributed by atoms with Gasteiger partial charge in [-0.1, -0.05) is 12.1 Å². The molecule has 2 heterocycles. The van der Waals surface area contributed by atoms with Gasteiger partial charge in [0.2, 0.25) is 0 Å². The maximum atomic E-state index is 13.5. The van der Waals surface area contributed by atoms with Crippen LogP contribution in [0, 0.1) is 12.7 Å². The van der Waals surface area contributed by atoms with Gasteiger partial charge in [-0.15, -0.1) is 0 Å². The molecule has 1 aliphatic heterocycles. The van der Waals surface area contributed by atoms with Crippen LogP contribution in [0.3, 0.4) is 0 Å². The first-order chi connectivity index (χ1) is 15.6. The molecule has 1 saturated heterocycles. The fourth-order valence-corrected chi connectivity index (χ4v) is 4.00. The van der Waals surface area contributed by atoms with E-state index < -0.39 is 0 Å². The van der Waals surface area contributed by atoms with Gasteiger partial charge in [0.05, 0.1) is 31.6 Å². The number of hydrogen-bond acceptors (Lipinski definition) is 4. The monoisotopic (exact) mass is 437 g/mol. The molecule has 1 fully saturated rings. The quantitative estimate of drug-likeness (QED) is 0.613. The van der Waals surface area contributed by atoms with E-state index in [1.54, 1.807) is 19.2 Å². The summed E-state index contributed by atoms with van der Waals surface area (Å²) in [6.07, 6.45) is 0. The van der Waals surface area contributed by atoms with E-state index in [2.05, 4.69) is 10.2 Å². The lowest BCUT2D eigenvalue weighted by Crippen LogP contribution is -2.41. The molecule has 2 aromatic carbocycles. The number of benzene rings is 2. The number of amides is 1. The van der Waals surface area contributed by atoms with Crippen molar-refractivity contribution in [1.82, 2.24) is 14.8 Å². The van der Waals surface area contributed by atoms with Gasteiger partial charge in [-0.3, -0.25) is 9.69 Å². The molecular weight excluding hydrogens is 409 g/mol. The average molecular weight is 438 g/mol. The van der Waals surface area contributed by atoms with Crippen LogP contribution in [0.15, 0.2) is 54.6 Å². The van der Waals surface area contributed by atoms with E-state index in [-0.39, 0.29) is 11.7 Å². The van der Waals surface area contributed by atoms with Gasteiger partial charge in [0, 0.05) is 43.1 Å². The average Bonchev–Trinajstić information content (AvgIpc) is 3.17. The van der Waals surface area contributed by atoms with E-state index in [4.69, 9.17) is 9.47 Å². The Balaban J connectivity index is 1.64. The number of carbonyl (C=O) groups is 1. The molecule has 0 radical (unpaired) electrons. The Kier molecular flexibility index (Phi) is 6.87. The van der Waals surface area contributed by atoms with Crippen LogP contribution >= 0.6 is 0 Å². The zero-order valence-corrected chi connectivity index (χ0v) is 18.4. The van der Waals surface area contributed by atoms with Gasteiger partial charge in [-0.25, -0.2) is 4.39 Å². The predicted octanol–water partition coefficient (Wildman–Crippen LogP) is 3.66. The summed E-state index contributed by atoms with van der Waals surface area (Å²) >= 11 is 0. The fourth-order valence-electron chi connectivity index (χ4n) is 4.00. The second-order valence-electron chi connectivity index (χ2n) is 7.78. The van der Waals surface area contributed by atoms with Crippen molar-refractivity contribution in [2.45, 2.75) is 6.92 Å². The van der Waals surface area contributed by atoms with Gasteiger partial charge >= 0.3 is 0 Å². The van der Waals surface area contributed by atoms with Crippen LogP contribution in [0.2, 0.25) is 0 Å². The molecule has 0 bridgehead atoms. The van der Waals surface area contributed by atoms with Crippen molar-refractivity contribution in [1.29, 1.82) is 0 Å². The topological polar surface area (TPSA) is 55.7 Å². The largest absolute Gasteiger partial charge is 0.497 e. The lowest BCUT2D eigenvalue weighted by atomic mass is 10.1. The Bertz CT molecular complexity index is 1070. The van der Waals surface area contributed by atoms with Crippen molar-refractivity contribution in [2.75, 3.05) is 46.5 Å². The highest BCUT2D eigenvalue weighted by Gasteiger charge is 2.20. The summed E-state index contributed by atoms with van der Waals surface area (Å²) in [5.41, 5.74) is 3.91. The molecule has 32 heavy (non-hydrogen) atoms. The molecule has 1 aliphatic rings. The standard InChI is InChI=1S/C25H28FN3O3/c1-18-23(25(30)27-10-11-28-12-14-32-15-13-28)17-24(19-4-3-5-22(16-19)31-2)29(18)21-8-6-20(26)7-9-21/h3-9,16-17H,10-15H2,1-2H3,(H,27,30). The maximum absolute atomic E-state index is 13.5. The number of morpholine rings is 1. The molecule has 0 atom stereocenters. The normalized spacial score (nSPS) is 14.3. The Morgan fingerprint density at radius 2 is 1.88 bits per heavy atom. The van der Waals surface area contributed by atoms with Crippen LogP contribution in [0.25, 0.3) is 16.9 Å². The Hall–Kier alpha value is -3.16. The molecule has 0 spiro atoms. The van der Waals surface area contributed by atoms with Crippen LogP contribution in [0.4, 0.5) is 4.39 Å². The highest BCUT2D eigenvalue weighted by molar-refractivity contribution is 5.97. The van der Waals surface area contributed by atoms with Gasteiger partial charge in [-0.05, 0) is 49.4 Å². The summed E-state index contributed by atoms with van der Waals surface area (Å²) < 4.78 is 26.3. The summed E-state index contributed by atoms with van der Waals surface area (Å²) in [5.74, 6) is 0.298. The minimum atomic E-state index is -0.303. The first-order valence-electron chi connectivity index (χ1n) is 10.8. The van der Waals surface area contributed by atoms with Crippen LogP contribution in [0.5, 0.6) is 5.75 Å². The van der Waals surface area contributed by atoms with Gasteiger partial charge in [0.15, 0.2) is 0 Å². The second kappa shape index (κ2) is 9.97. The molecule has 1 N–H and O–H groups in total. The number of methoxy groups -OCH3 is 1. The van der Waals surface area contributed by atoms with Crippen molar-refractivity contribution in [3.05, 3.63) is 71.7 Å². The third-order valence-electron chi connectivity index (χ3n) is 5.76. The number of nitrogens with one attached hydrogen (secondary N) is 1. The molecule has 0 saturated carbocycles. The third kappa shape index (κ3) is 4.84. The van der Waals surface area contributed by atoms with Gasteiger partial charge < -0.3 is 19.4 Å². The molecule has 1 amide bonds. The zero-order valence-electron chi connectivity index (χ0n) is 18.4. The molecule has 0 unspecified atom stereocenters. The Morgan fingerprint density at radius 1 is 1.12 bits per heavy atom. The van der Waals surface area contributed by atoms with Crippen molar-refractivity contribution in [2.24, 2.45) is 0 Å². The minimum Gasteiger partial charge on any atom is -0.497 e. The van der Waals surface area contributed by atoms with Crippen molar-refractivity contribution in [3.63, 3.8) is 0 Å². The summed E-state index contributed by atoms with van der Waals surface area (Å²) in [4.78, 5) is 15.3. The lowest BCUT2D eigenvalue weighted by molar-refractivity contribution is 0.0383. The number of halogens is 1. The van der Waals surface area contributed by atoms with E-state index in [0.717, 1.165) is 61.2 Å². The van der Waals surface area contributed by atoms with E-state index in [0.29, 0.717) is 12.1 Å². The summed E-state index contributed by atoms with van der Waals surface area (Å²) in [7, 11) is 1.62. The summed E-state index contributed by atoms with van der Waals surface area (Å²) in [5, 5.41) is 3.04. The number of hydrogen-bond donors (Lipinski definition) is 1. The first kappa shape index (κ1) is 22.0. The zero-order chi connectivity index (χ0) is 22.5. The van der Waals surface area contributed by atoms with E-state index in [1.165, 1.54) is 12.1 Å². The number of rotatable bonds is 7. The molecular formula is C25H28FN3O3. The smallest absolute Gasteiger partial charge is 0.253 e. The minimum absolute atomic E-state index is 0.124. The third-order valence-corrected chi connectivity index (χ3v) is 5.76. The van der Waals surface area contributed by atoms with E-state index >= 15 is 0 Å². The number of nitrogens with zero attached hydrogens (tertiary/aromatic N) is 2. The Morgan fingerprint density at radius 3 is 2.59 bits per heavy atom. The molecule has 168 valence electrons. The molecule has 3 aromatic rings. The number of ether oxygens (including phenoxy) is 2. The van der Waals surface area contributed by atoms with Crippen molar-refractivity contribution >= 4 is 5.91 Å². The Labute approximate surface area is 187 Å². The van der Waals surface area contributed by atoms with E-state index in [9.17, 15) is 9.18 Å². The number of aromatic nitrogens is 1. The van der Waals surface area contributed by atoms with Gasteiger partial charge in [0.25, 0.3) is 5.91 Å². The van der Waals surface area contributed by atoms with Gasteiger partial charge in [-0.2, -0.15) is 0 Å². The predicted molar refractivity (Wildman–Crippen MR) is 122 cm³/mol. The van der Waals surface area contributed by atoms with Crippen LogP contribution < -0.4 is 10.1 Å². The highest BCUT2D eigenvalue weighted by atomic mass is 19.1. The highest BCUT2D eigenvalue weighted by Crippen LogP contribution is 2.31. The number of carbonyl (C=O) groups excluding carboxylic acids is 1. The maximum Gasteiger partial charge on any atom is 0.253 e. The van der Waals surface area contributed by atoms with Crippen LogP contribution in [-0.2, 0) is 4.74 Å². The molecule has 0 aliphatic carbocycles. The molecule has 6 nitrogen and oxygen atoms in total. The lowest BCUT2D eigenvalue weighted by Gasteiger charge is -2.26. The summed E-state index contributed by atoms with van der Waals surface area (Å²) in [6.45, 7) is 6.49. The van der Waals surface area contributed by atoms with Crippen molar-refractivity contribution in [3.8, 4) is 22.7 Å². The molecule has 4 rings (SSSR count). The fraction of sp³-hybridized carbons (Fsp3) is 0.320. The SMILES string of the molecule is COc1cccc(-c2cc(C(=O)NCCN3CCOCC3)c(C)n2-c2ccc(F)cc2)c1. The summed E-state index contributed by atoms with van der Waals surface area (Å²) in [6, 6.07) is 15.8. The van der Waals surface area contributed by atoms with Crippen LogP contribution in [0.1, 0.15) is 16.1 Å². The van der Waals surface area contributed by atoms with E-state index in [1.807, 2.05) is 41.8 Å².